The first-order valence-electron chi connectivity index (χ1n) is 11.7. The number of anilines is 1. The number of pyridine rings is 1. The third-order valence-corrected chi connectivity index (χ3v) is 7.69. The minimum atomic E-state index is -4.75. The molecule has 2 saturated heterocycles. The molecule has 33 heavy (non-hydrogen) atoms. The topological polar surface area (TPSA) is 48.8 Å². The highest BCUT2D eigenvalue weighted by Gasteiger charge is 2.57. The Morgan fingerprint density at radius 3 is 2.24 bits per heavy atom. The van der Waals surface area contributed by atoms with Crippen molar-refractivity contribution < 1.29 is 23.0 Å². The van der Waals surface area contributed by atoms with Crippen molar-refractivity contribution >= 4 is 5.69 Å². The summed E-state index contributed by atoms with van der Waals surface area (Å²) in [6.07, 6.45) is 4.62. The van der Waals surface area contributed by atoms with Gasteiger partial charge in [0.25, 0.3) is 0 Å². The molecule has 3 heterocycles. The van der Waals surface area contributed by atoms with Crippen LogP contribution in [0, 0.1) is 5.41 Å². The summed E-state index contributed by atoms with van der Waals surface area (Å²) in [6, 6.07) is 8.20. The Kier molecular flexibility index (Phi) is 5.56. The molecule has 1 aliphatic carbocycles. The van der Waals surface area contributed by atoms with E-state index in [2.05, 4.69) is 26.4 Å². The summed E-state index contributed by atoms with van der Waals surface area (Å²) in [6.45, 7) is 5.43. The quantitative estimate of drug-likeness (QED) is 0.676. The fraction of sp³-hybridized carbons (Fsp3) is 0.560. The van der Waals surface area contributed by atoms with Crippen molar-refractivity contribution in [2.75, 3.05) is 31.1 Å². The highest BCUT2D eigenvalue weighted by Crippen LogP contribution is 2.52. The van der Waals surface area contributed by atoms with Gasteiger partial charge in [-0.25, -0.2) is 0 Å². The number of likely N-dealkylation sites (tertiary alicyclic amines) is 1. The lowest BCUT2D eigenvalue weighted by Gasteiger charge is -2.60. The maximum absolute atomic E-state index is 12.7. The monoisotopic (exact) mass is 461 g/mol. The van der Waals surface area contributed by atoms with E-state index in [9.17, 15) is 18.3 Å². The number of alkyl halides is 3. The molecule has 0 spiro atoms. The fourth-order valence-corrected chi connectivity index (χ4v) is 5.62. The average Bonchev–Trinajstić information content (AvgIpc) is 3.25. The Balaban J connectivity index is 1.51. The van der Waals surface area contributed by atoms with E-state index in [1.807, 2.05) is 12.3 Å². The molecule has 0 unspecified atom stereocenters. The average molecular weight is 462 g/mol. The molecule has 178 valence electrons. The van der Waals surface area contributed by atoms with Crippen LogP contribution in [-0.2, 0) is 5.60 Å². The Bertz CT molecular complexity index is 981. The standard InChI is InChI=1S/C25H30F3N3O2/c1-23(16-31(17-23)20-5-4-6-20)24(32,18-7-9-22(10-8-18)33-25(26,27)28)19-13-21(15-29-14-19)30-11-2-3-12-30/h7-10,13-15,20,32H,2-6,11-12,16-17H2,1H3/t24-/m0/s1. The molecule has 2 aromatic rings. The van der Waals surface area contributed by atoms with Crippen LogP contribution in [0.15, 0.2) is 42.7 Å². The summed E-state index contributed by atoms with van der Waals surface area (Å²) in [5, 5.41) is 12.4. The molecule has 5 rings (SSSR count). The van der Waals surface area contributed by atoms with Crippen LogP contribution in [-0.4, -0.2) is 53.6 Å². The van der Waals surface area contributed by atoms with Gasteiger partial charge in [-0.2, -0.15) is 0 Å². The zero-order chi connectivity index (χ0) is 23.3. The first kappa shape index (κ1) is 22.5. The summed E-state index contributed by atoms with van der Waals surface area (Å²) in [4.78, 5) is 9.13. The molecule has 0 bridgehead atoms. The van der Waals surface area contributed by atoms with Gasteiger partial charge in [-0.1, -0.05) is 25.5 Å². The zero-order valence-electron chi connectivity index (χ0n) is 18.8. The van der Waals surface area contributed by atoms with Crippen molar-refractivity contribution in [1.29, 1.82) is 0 Å². The van der Waals surface area contributed by atoms with Gasteiger partial charge in [0.15, 0.2) is 0 Å². The molecule has 3 aliphatic rings. The Morgan fingerprint density at radius 2 is 1.67 bits per heavy atom. The molecule has 8 heteroatoms. The molecule has 0 amide bonds. The van der Waals surface area contributed by atoms with Crippen LogP contribution in [0.2, 0.25) is 0 Å². The fourth-order valence-electron chi connectivity index (χ4n) is 5.62. The summed E-state index contributed by atoms with van der Waals surface area (Å²) < 4.78 is 42.0. The van der Waals surface area contributed by atoms with Crippen LogP contribution in [0.5, 0.6) is 5.75 Å². The normalized spacial score (nSPS) is 23.0. The number of aliphatic hydroxyl groups is 1. The van der Waals surface area contributed by atoms with Crippen LogP contribution < -0.4 is 9.64 Å². The maximum Gasteiger partial charge on any atom is 0.573 e. The molecule has 2 aliphatic heterocycles. The van der Waals surface area contributed by atoms with Crippen LogP contribution in [0.1, 0.15) is 50.2 Å². The van der Waals surface area contributed by atoms with Gasteiger partial charge >= 0.3 is 6.36 Å². The van der Waals surface area contributed by atoms with E-state index in [-0.39, 0.29) is 5.75 Å². The third-order valence-electron chi connectivity index (χ3n) is 7.69. The van der Waals surface area contributed by atoms with Crippen LogP contribution >= 0.6 is 0 Å². The molecule has 1 atom stereocenters. The lowest BCUT2D eigenvalue weighted by atomic mass is 9.61. The first-order valence-corrected chi connectivity index (χ1v) is 11.7. The van der Waals surface area contributed by atoms with Crippen molar-refractivity contribution in [3.05, 3.63) is 53.9 Å². The maximum atomic E-state index is 12.7. The number of rotatable bonds is 6. The molecular formula is C25H30F3N3O2. The van der Waals surface area contributed by atoms with Crippen molar-refractivity contribution in [3.63, 3.8) is 0 Å². The molecule has 3 fully saturated rings. The number of benzene rings is 1. The number of hydrogen-bond donors (Lipinski definition) is 1. The van der Waals surface area contributed by atoms with Crippen LogP contribution in [0.4, 0.5) is 18.9 Å². The first-order chi connectivity index (χ1) is 15.7. The minimum absolute atomic E-state index is 0.299. The zero-order valence-corrected chi connectivity index (χ0v) is 18.8. The third kappa shape index (κ3) is 4.08. The van der Waals surface area contributed by atoms with E-state index in [1.54, 1.807) is 18.3 Å². The second-order valence-electron chi connectivity index (χ2n) is 9.96. The number of hydrogen-bond acceptors (Lipinski definition) is 5. The van der Waals surface area contributed by atoms with Gasteiger partial charge in [0, 0.05) is 49.4 Å². The second-order valence-corrected chi connectivity index (χ2v) is 9.96. The Morgan fingerprint density at radius 1 is 1.00 bits per heavy atom. The molecule has 1 saturated carbocycles. The van der Waals surface area contributed by atoms with Crippen molar-refractivity contribution in [2.45, 2.75) is 57.0 Å². The summed E-state index contributed by atoms with van der Waals surface area (Å²) in [5.74, 6) is -0.299. The lowest BCUT2D eigenvalue weighted by molar-refractivity contribution is -0.274. The van der Waals surface area contributed by atoms with E-state index in [1.165, 1.54) is 31.4 Å². The molecule has 1 aromatic carbocycles. The predicted molar refractivity (Wildman–Crippen MR) is 119 cm³/mol. The van der Waals surface area contributed by atoms with Gasteiger partial charge in [0.2, 0.25) is 0 Å². The van der Waals surface area contributed by atoms with Gasteiger partial charge in [-0.3, -0.25) is 9.88 Å². The number of ether oxygens (including phenoxy) is 1. The van der Waals surface area contributed by atoms with Gasteiger partial charge in [0.05, 0.1) is 11.9 Å². The number of nitrogens with zero attached hydrogens (tertiary/aromatic N) is 3. The number of aromatic nitrogens is 1. The van der Waals surface area contributed by atoms with Crippen LogP contribution in [0.25, 0.3) is 0 Å². The molecular weight excluding hydrogens is 431 g/mol. The summed E-state index contributed by atoms with van der Waals surface area (Å²) >= 11 is 0. The van der Waals surface area contributed by atoms with Crippen molar-refractivity contribution in [3.8, 4) is 5.75 Å². The Labute approximate surface area is 192 Å². The van der Waals surface area contributed by atoms with E-state index in [4.69, 9.17) is 0 Å². The highest BCUT2D eigenvalue weighted by molar-refractivity contribution is 5.51. The minimum Gasteiger partial charge on any atom is -0.406 e. The molecule has 1 aromatic heterocycles. The second kappa shape index (κ2) is 8.17. The Hall–Kier alpha value is -2.32. The van der Waals surface area contributed by atoms with Gasteiger partial charge in [-0.15, -0.1) is 13.2 Å². The molecule has 5 nitrogen and oxygen atoms in total. The van der Waals surface area contributed by atoms with Gasteiger partial charge < -0.3 is 14.7 Å². The van der Waals surface area contributed by atoms with Gasteiger partial charge in [-0.05, 0) is 49.4 Å². The van der Waals surface area contributed by atoms with Crippen molar-refractivity contribution in [2.24, 2.45) is 5.41 Å². The van der Waals surface area contributed by atoms with Gasteiger partial charge in [0.1, 0.15) is 11.4 Å². The summed E-state index contributed by atoms with van der Waals surface area (Å²) in [5.41, 5.74) is 0.298. The molecule has 0 radical (unpaired) electrons. The van der Waals surface area contributed by atoms with E-state index in [0.717, 1.165) is 44.7 Å². The SMILES string of the molecule is CC1([C@](O)(c2ccc(OC(F)(F)F)cc2)c2cncc(N3CCCC3)c2)CN(C2CCC2)C1. The van der Waals surface area contributed by atoms with E-state index in [0.29, 0.717) is 17.2 Å². The van der Waals surface area contributed by atoms with Crippen LogP contribution in [0.3, 0.4) is 0 Å². The summed E-state index contributed by atoms with van der Waals surface area (Å²) in [7, 11) is 0. The van der Waals surface area contributed by atoms with E-state index < -0.39 is 17.4 Å². The smallest absolute Gasteiger partial charge is 0.406 e. The lowest BCUT2D eigenvalue weighted by Crippen LogP contribution is -2.67. The number of halogens is 3. The van der Waals surface area contributed by atoms with Crippen molar-refractivity contribution in [1.82, 2.24) is 9.88 Å². The predicted octanol–water partition coefficient (Wildman–Crippen LogP) is 4.69. The highest BCUT2D eigenvalue weighted by atomic mass is 19.4. The molecule has 1 N–H and O–H groups in total. The van der Waals surface area contributed by atoms with E-state index >= 15 is 0 Å². The largest absolute Gasteiger partial charge is 0.573 e.